The van der Waals surface area contributed by atoms with Crippen molar-refractivity contribution in [2.45, 2.75) is 38.6 Å². The molecule has 1 atom stereocenters. The first kappa shape index (κ1) is 16.9. The van der Waals surface area contributed by atoms with Gasteiger partial charge in [-0.2, -0.15) is 0 Å². The molecule has 1 aliphatic heterocycles. The molecule has 0 unspecified atom stereocenters. The smallest absolute Gasteiger partial charge is 0.220 e. The molecule has 122 valence electrons. The molecule has 1 amide bonds. The summed E-state index contributed by atoms with van der Waals surface area (Å²) in [5, 5.41) is 3.00. The van der Waals surface area contributed by atoms with Gasteiger partial charge >= 0.3 is 0 Å². The van der Waals surface area contributed by atoms with Crippen molar-refractivity contribution in [1.82, 2.24) is 15.2 Å². The lowest BCUT2D eigenvalue weighted by Gasteiger charge is -2.32. The molecule has 5 nitrogen and oxygen atoms in total. The van der Waals surface area contributed by atoms with E-state index in [1.165, 1.54) is 0 Å². The summed E-state index contributed by atoms with van der Waals surface area (Å²) in [5.41, 5.74) is 1.08. The van der Waals surface area contributed by atoms with Crippen LogP contribution in [0, 0.1) is 0 Å². The number of pyridine rings is 1. The number of hydrogen-bond acceptors (Lipinski definition) is 4. The summed E-state index contributed by atoms with van der Waals surface area (Å²) in [6.07, 6.45) is 5.15. The predicted octanol–water partition coefficient (Wildman–Crippen LogP) is 1.63. The van der Waals surface area contributed by atoms with E-state index in [4.69, 9.17) is 4.74 Å². The summed E-state index contributed by atoms with van der Waals surface area (Å²) < 4.78 is 5.35. The Morgan fingerprint density at radius 1 is 1.41 bits per heavy atom. The van der Waals surface area contributed by atoms with E-state index in [1.54, 1.807) is 6.20 Å². The summed E-state index contributed by atoms with van der Waals surface area (Å²) in [5.74, 6) is 0.154. The summed E-state index contributed by atoms with van der Waals surface area (Å²) in [7, 11) is 0. The zero-order valence-corrected chi connectivity index (χ0v) is 13.5. The number of rotatable bonds is 8. The van der Waals surface area contributed by atoms with Gasteiger partial charge in [-0.3, -0.25) is 14.7 Å². The van der Waals surface area contributed by atoms with E-state index < -0.39 is 0 Å². The van der Waals surface area contributed by atoms with Crippen LogP contribution in [0.4, 0.5) is 0 Å². The molecule has 1 fully saturated rings. The number of morpholine rings is 1. The van der Waals surface area contributed by atoms with Crippen molar-refractivity contribution in [3.8, 4) is 0 Å². The molecule has 0 aliphatic carbocycles. The van der Waals surface area contributed by atoms with Crippen LogP contribution in [0.5, 0.6) is 0 Å². The normalized spacial score (nSPS) is 17.1. The average Bonchev–Trinajstić information content (AvgIpc) is 2.58. The Labute approximate surface area is 133 Å². The highest BCUT2D eigenvalue weighted by molar-refractivity contribution is 5.75. The number of carbonyl (C=O) groups excluding carboxylic acids is 1. The van der Waals surface area contributed by atoms with Gasteiger partial charge in [0.2, 0.25) is 5.91 Å². The van der Waals surface area contributed by atoms with Crippen LogP contribution in [0.3, 0.4) is 0 Å². The molecule has 0 bridgehead atoms. The predicted molar refractivity (Wildman–Crippen MR) is 86.7 cm³/mol. The molecule has 1 aromatic rings. The molecule has 0 radical (unpaired) electrons. The molecule has 0 saturated carbocycles. The van der Waals surface area contributed by atoms with Gasteiger partial charge in [-0.1, -0.05) is 6.07 Å². The van der Waals surface area contributed by atoms with Crippen molar-refractivity contribution in [1.29, 1.82) is 0 Å². The molecule has 5 heteroatoms. The Kier molecular flexibility index (Phi) is 7.33. The van der Waals surface area contributed by atoms with E-state index in [-0.39, 0.29) is 5.91 Å². The van der Waals surface area contributed by atoms with Crippen molar-refractivity contribution < 1.29 is 9.53 Å². The molecule has 1 N–H and O–H groups in total. The summed E-state index contributed by atoms with van der Waals surface area (Å²) in [6.45, 7) is 6.49. The van der Waals surface area contributed by atoms with Gasteiger partial charge in [0.15, 0.2) is 0 Å². The molecule has 0 spiro atoms. The van der Waals surface area contributed by atoms with Gasteiger partial charge < -0.3 is 10.1 Å². The van der Waals surface area contributed by atoms with Gasteiger partial charge in [0.05, 0.1) is 13.2 Å². The highest BCUT2D eigenvalue weighted by atomic mass is 16.5. The van der Waals surface area contributed by atoms with E-state index in [0.29, 0.717) is 12.5 Å². The largest absolute Gasteiger partial charge is 0.379 e. The first-order valence-electron chi connectivity index (χ1n) is 8.24. The molecule has 1 aromatic heterocycles. The molecular weight excluding hydrogens is 278 g/mol. The number of carbonyl (C=O) groups is 1. The van der Waals surface area contributed by atoms with Gasteiger partial charge in [0.25, 0.3) is 0 Å². The lowest BCUT2D eigenvalue weighted by molar-refractivity contribution is -0.121. The fourth-order valence-electron chi connectivity index (χ4n) is 2.67. The van der Waals surface area contributed by atoms with Crippen LogP contribution >= 0.6 is 0 Å². The number of nitrogens with zero attached hydrogens (tertiary/aromatic N) is 2. The van der Waals surface area contributed by atoms with Crippen LogP contribution < -0.4 is 5.32 Å². The minimum Gasteiger partial charge on any atom is -0.379 e. The summed E-state index contributed by atoms with van der Waals surface area (Å²) in [6, 6.07) is 6.38. The van der Waals surface area contributed by atoms with Crippen molar-refractivity contribution in [3.05, 3.63) is 30.1 Å². The first-order chi connectivity index (χ1) is 10.8. The summed E-state index contributed by atoms with van der Waals surface area (Å²) >= 11 is 0. The van der Waals surface area contributed by atoms with Crippen LogP contribution in [-0.4, -0.2) is 54.7 Å². The number of amides is 1. The molecular formula is C17H27N3O2. The molecule has 0 aromatic carbocycles. The number of hydrogen-bond donors (Lipinski definition) is 1. The SMILES string of the molecule is C[C@H](CCC(=O)NCCCc1ccccn1)N1CCOCC1. The third-order valence-corrected chi connectivity index (χ3v) is 4.12. The maximum atomic E-state index is 11.9. The van der Waals surface area contributed by atoms with E-state index in [1.807, 2.05) is 18.2 Å². The molecule has 2 rings (SSSR count). The minimum atomic E-state index is 0.154. The average molecular weight is 305 g/mol. The number of aryl methyl sites for hydroxylation is 1. The highest BCUT2D eigenvalue weighted by Crippen LogP contribution is 2.09. The van der Waals surface area contributed by atoms with Gasteiger partial charge in [-0.15, -0.1) is 0 Å². The topological polar surface area (TPSA) is 54.5 Å². The maximum absolute atomic E-state index is 11.9. The van der Waals surface area contributed by atoms with Gasteiger partial charge in [-0.05, 0) is 38.3 Å². The highest BCUT2D eigenvalue weighted by Gasteiger charge is 2.17. The van der Waals surface area contributed by atoms with E-state index in [2.05, 4.69) is 22.1 Å². The molecule has 1 aliphatic rings. The van der Waals surface area contributed by atoms with Crippen molar-refractivity contribution >= 4 is 5.91 Å². The standard InChI is InChI=1S/C17H27N3O2/c1-15(20-11-13-22-14-12-20)7-8-17(21)19-10-4-6-16-5-2-3-9-18-16/h2-3,5,9,15H,4,6-8,10-14H2,1H3,(H,19,21)/t15-/m1/s1. The van der Waals surface area contributed by atoms with E-state index in [0.717, 1.165) is 57.8 Å². The Bertz CT molecular complexity index is 433. The van der Waals surface area contributed by atoms with E-state index >= 15 is 0 Å². The lowest BCUT2D eigenvalue weighted by Crippen LogP contribution is -2.42. The molecule has 2 heterocycles. The second kappa shape index (κ2) is 9.54. The monoisotopic (exact) mass is 305 g/mol. The van der Waals surface area contributed by atoms with Gasteiger partial charge in [-0.25, -0.2) is 0 Å². The van der Waals surface area contributed by atoms with Crippen LogP contribution in [0.1, 0.15) is 31.9 Å². The van der Waals surface area contributed by atoms with Crippen LogP contribution in [0.15, 0.2) is 24.4 Å². The molecule has 1 saturated heterocycles. The Balaban J connectivity index is 1.54. The number of nitrogens with one attached hydrogen (secondary N) is 1. The van der Waals surface area contributed by atoms with Crippen molar-refractivity contribution in [2.24, 2.45) is 0 Å². The lowest BCUT2D eigenvalue weighted by atomic mass is 10.1. The third kappa shape index (κ3) is 6.12. The first-order valence-corrected chi connectivity index (χ1v) is 8.24. The van der Waals surface area contributed by atoms with Crippen LogP contribution in [-0.2, 0) is 16.0 Å². The number of ether oxygens (including phenoxy) is 1. The van der Waals surface area contributed by atoms with Crippen molar-refractivity contribution in [2.75, 3.05) is 32.8 Å². The van der Waals surface area contributed by atoms with E-state index in [9.17, 15) is 4.79 Å². The van der Waals surface area contributed by atoms with Crippen molar-refractivity contribution in [3.63, 3.8) is 0 Å². The number of aromatic nitrogens is 1. The third-order valence-electron chi connectivity index (χ3n) is 4.12. The fraction of sp³-hybridized carbons (Fsp3) is 0.647. The van der Waals surface area contributed by atoms with Gasteiger partial charge in [0.1, 0.15) is 0 Å². The zero-order valence-electron chi connectivity index (χ0n) is 13.5. The Morgan fingerprint density at radius 3 is 2.95 bits per heavy atom. The fourth-order valence-corrected chi connectivity index (χ4v) is 2.67. The quantitative estimate of drug-likeness (QED) is 0.742. The maximum Gasteiger partial charge on any atom is 0.220 e. The van der Waals surface area contributed by atoms with Crippen LogP contribution in [0.25, 0.3) is 0 Å². The zero-order chi connectivity index (χ0) is 15.6. The Hall–Kier alpha value is -1.46. The van der Waals surface area contributed by atoms with Gasteiger partial charge in [0, 0.05) is 44.0 Å². The molecule has 22 heavy (non-hydrogen) atoms. The van der Waals surface area contributed by atoms with Crippen LogP contribution in [0.2, 0.25) is 0 Å². The second-order valence-electron chi connectivity index (χ2n) is 5.81. The second-order valence-corrected chi connectivity index (χ2v) is 5.81. The minimum absolute atomic E-state index is 0.154. The Morgan fingerprint density at radius 2 is 2.23 bits per heavy atom. The summed E-state index contributed by atoms with van der Waals surface area (Å²) in [4.78, 5) is 18.6.